The minimum atomic E-state index is -4.82. The van der Waals surface area contributed by atoms with Crippen LogP contribution in [0.25, 0.3) is 16.8 Å². The molecule has 2 atom stereocenters. The molecule has 1 amide bonds. The molecule has 1 unspecified atom stereocenters. The maximum atomic E-state index is 13.6. The van der Waals surface area contributed by atoms with Crippen molar-refractivity contribution in [2.75, 3.05) is 0 Å². The number of aliphatic imine (C=N–C) groups is 1. The van der Waals surface area contributed by atoms with Crippen molar-refractivity contribution in [1.82, 2.24) is 24.6 Å². The molecule has 1 aromatic carbocycles. The standard InChI is InChI=1S/C30H28F7N7O3S/c1-17(29(32,33)34)39-14-19(12-38)23-10-18(11-24(43-23)20-15-41-27(42-16-20)30(35,36)37)13-40-26(45)25-6-7-28(8-9-28)44(25)48(46,47)22-4-2-21(31)3-5-22/h2-5,10-12,14-17,25H,6-9,13,38H2,1H3,(H,40,45)/b19-12+,39-14?/t17?,25-/m0/s1. The van der Waals surface area contributed by atoms with Crippen molar-refractivity contribution >= 4 is 27.7 Å². The smallest absolute Gasteiger partial charge is 0.404 e. The number of hydrogen-bond donors (Lipinski definition) is 2. The number of pyridine rings is 1. The van der Waals surface area contributed by atoms with Crippen LogP contribution >= 0.6 is 0 Å². The number of halogens is 7. The zero-order chi connectivity index (χ0) is 35.1. The van der Waals surface area contributed by atoms with Gasteiger partial charge in [0.05, 0.1) is 16.3 Å². The minimum absolute atomic E-state index is 0.000377. The zero-order valence-corrected chi connectivity index (χ0v) is 25.9. The molecule has 2 fully saturated rings. The molecule has 1 aliphatic carbocycles. The van der Waals surface area contributed by atoms with Gasteiger partial charge in [-0.25, -0.2) is 27.8 Å². The number of aromatic nitrogens is 3. The first kappa shape index (κ1) is 34.9. The Morgan fingerprint density at radius 3 is 2.31 bits per heavy atom. The highest BCUT2D eigenvalue weighted by Crippen LogP contribution is 2.54. The van der Waals surface area contributed by atoms with Gasteiger partial charge in [-0.3, -0.25) is 9.79 Å². The van der Waals surface area contributed by atoms with Gasteiger partial charge in [0.1, 0.15) is 17.9 Å². The summed E-state index contributed by atoms with van der Waals surface area (Å²) in [6, 6.07) is 3.86. The lowest BCUT2D eigenvalue weighted by Gasteiger charge is -2.29. The first-order valence-corrected chi connectivity index (χ1v) is 15.9. The average molecular weight is 700 g/mol. The van der Waals surface area contributed by atoms with Gasteiger partial charge in [-0.1, -0.05) is 0 Å². The second kappa shape index (κ2) is 12.9. The number of benzene rings is 1. The van der Waals surface area contributed by atoms with E-state index in [1.54, 1.807) is 0 Å². The summed E-state index contributed by atoms with van der Waals surface area (Å²) in [7, 11) is -4.19. The molecule has 0 radical (unpaired) electrons. The lowest BCUT2D eigenvalue weighted by Crippen LogP contribution is -2.49. The third kappa shape index (κ3) is 7.33. The Morgan fingerprint density at radius 2 is 1.75 bits per heavy atom. The summed E-state index contributed by atoms with van der Waals surface area (Å²) in [4.78, 5) is 27.8. The van der Waals surface area contributed by atoms with E-state index in [1.807, 2.05) is 0 Å². The van der Waals surface area contributed by atoms with Crippen molar-refractivity contribution in [2.45, 2.75) is 74.0 Å². The van der Waals surface area contributed by atoms with Crippen LogP contribution in [0.4, 0.5) is 30.7 Å². The Kier molecular flexibility index (Phi) is 9.35. The van der Waals surface area contributed by atoms with Crippen molar-refractivity contribution in [2.24, 2.45) is 10.7 Å². The predicted octanol–water partition coefficient (Wildman–Crippen LogP) is 5.02. The number of hydrogen-bond acceptors (Lipinski definition) is 8. The van der Waals surface area contributed by atoms with Gasteiger partial charge in [0.2, 0.25) is 21.8 Å². The molecule has 3 aromatic rings. The molecule has 1 saturated heterocycles. The van der Waals surface area contributed by atoms with E-state index in [0.717, 1.165) is 56.0 Å². The van der Waals surface area contributed by atoms with Gasteiger partial charge in [0.25, 0.3) is 0 Å². The quantitative estimate of drug-likeness (QED) is 0.236. The Morgan fingerprint density at radius 1 is 1.10 bits per heavy atom. The molecule has 256 valence electrons. The number of rotatable bonds is 9. The molecule has 48 heavy (non-hydrogen) atoms. The summed E-state index contributed by atoms with van der Waals surface area (Å²) in [6.07, 6.45) is -4.20. The molecule has 3 heterocycles. The van der Waals surface area contributed by atoms with Crippen LogP contribution in [0.3, 0.4) is 0 Å². The fourth-order valence-corrected chi connectivity index (χ4v) is 7.36. The molecular formula is C30H28F7N7O3S. The normalized spacial score (nSPS) is 19.2. The molecule has 3 N–H and O–H groups in total. The maximum absolute atomic E-state index is 13.6. The Bertz CT molecular complexity index is 1840. The predicted molar refractivity (Wildman–Crippen MR) is 159 cm³/mol. The highest BCUT2D eigenvalue weighted by atomic mass is 32.2. The van der Waals surface area contributed by atoms with Crippen molar-refractivity contribution in [3.05, 3.63) is 77.9 Å². The fourth-order valence-electron chi connectivity index (χ4n) is 5.33. The van der Waals surface area contributed by atoms with Crippen molar-refractivity contribution in [3.8, 4) is 11.3 Å². The lowest BCUT2D eigenvalue weighted by molar-refractivity contribution is -0.145. The molecule has 2 aliphatic rings. The van der Waals surface area contributed by atoms with E-state index in [2.05, 4.69) is 25.3 Å². The number of amides is 1. The summed E-state index contributed by atoms with van der Waals surface area (Å²) in [5, 5.41) is 2.69. The van der Waals surface area contributed by atoms with Gasteiger partial charge in [-0.2, -0.15) is 30.6 Å². The number of nitrogens with two attached hydrogens (primary N) is 1. The van der Waals surface area contributed by atoms with Gasteiger partial charge in [-0.05, 0) is 74.6 Å². The number of nitrogens with zero attached hydrogens (tertiary/aromatic N) is 5. The van der Waals surface area contributed by atoms with Crippen molar-refractivity contribution in [3.63, 3.8) is 0 Å². The van der Waals surface area contributed by atoms with Crippen molar-refractivity contribution in [1.29, 1.82) is 0 Å². The number of alkyl halides is 6. The van der Waals surface area contributed by atoms with Crippen LogP contribution in [0.2, 0.25) is 0 Å². The number of carbonyl (C=O) groups is 1. The van der Waals surface area contributed by atoms with Gasteiger partial charge in [-0.15, -0.1) is 0 Å². The van der Waals surface area contributed by atoms with E-state index in [4.69, 9.17) is 5.73 Å². The summed E-state index contributed by atoms with van der Waals surface area (Å²) in [6.45, 7) is 0.577. The van der Waals surface area contributed by atoms with Crippen molar-refractivity contribution < 1.29 is 43.9 Å². The zero-order valence-electron chi connectivity index (χ0n) is 25.1. The Hall–Kier alpha value is -4.45. The molecule has 5 rings (SSSR count). The van der Waals surface area contributed by atoms with E-state index in [-0.39, 0.29) is 45.9 Å². The molecule has 1 aliphatic heterocycles. The first-order chi connectivity index (χ1) is 22.4. The first-order valence-electron chi connectivity index (χ1n) is 14.5. The topological polar surface area (TPSA) is 144 Å². The summed E-state index contributed by atoms with van der Waals surface area (Å²) >= 11 is 0. The molecule has 1 saturated carbocycles. The number of carbonyl (C=O) groups excluding carboxylic acids is 1. The van der Waals surface area contributed by atoms with E-state index in [1.165, 1.54) is 16.4 Å². The fraction of sp³-hybridized carbons (Fsp3) is 0.367. The molecule has 18 heteroatoms. The second-order valence-electron chi connectivity index (χ2n) is 11.4. The van der Waals surface area contributed by atoms with Crippen LogP contribution in [0.15, 0.2) is 64.9 Å². The highest BCUT2D eigenvalue weighted by Gasteiger charge is 2.61. The summed E-state index contributed by atoms with van der Waals surface area (Å²) in [5.41, 5.74) is 5.14. The lowest BCUT2D eigenvalue weighted by atomic mass is 10.1. The van der Waals surface area contributed by atoms with E-state index in [9.17, 15) is 43.9 Å². The highest BCUT2D eigenvalue weighted by molar-refractivity contribution is 7.89. The molecule has 10 nitrogen and oxygen atoms in total. The number of nitrogens with one attached hydrogen (secondary N) is 1. The summed E-state index contributed by atoms with van der Waals surface area (Å²) < 4.78 is 120. The van der Waals surface area contributed by atoms with E-state index in [0.29, 0.717) is 19.3 Å². The van der Waals surface area contributed by atoms with Crippen LogP contribution in [0.1, 0.15) is 49.7 Å². The van der Waals surface area contributed by atoms with Crippen LogP contribution in [0, 0.1) is 5.82 Å². The second-order valence-corrected chi connectivity index (χ2v) is 13.2. The van der Waals surface area contributed by atoms with Crippen LogP contribution in [-0.2, 0) is 27.5 Å². The van der Waals surface area contributed by atoms with Gasteiger partial charge in [0.15, 0.2) is 0 Å². The SMILES string of the molecule is CC(N=C/C(=C\N)c1cc(CNC(=O)[C@@H]2CCC3(CC3)N2S(=O)(=O)c2ccc(F)cc2)cc(-c2cnc(C(F)(F)F)nc2)n1)C(F)(F)F. The van der Waals surface area contributed by atoms with Gasteiger partial charge < -0.3 is 11.1 Å². The van der Waals surface area contributed by atoms with E-state index < -0.39 is 57.5 Å². The average Bonchev–Trinajstić information content (AvgIpc) is 3.70. The summed E-state index contributed by atoms with van der Waals surface area (Å²) in [5.74, 6) is -2.67. The van der Waals surface area contributed by atoms with Gasteiger partial charge in [0, 0.05) is 48.0 Å². The molecule has 0 bridgehead atoms. The third-order valence-corrected chi connectivity index (χ3v) is 10.1. The number of allylic oxidation sites excluding steroid dienone is 1. The molecular weight excluding hydrogens is 671 g/mol. The van der Waals surface area contributed by atoms with Crippen LogP contribution < -0.4 is 11.1 Å². The Balaban J connectivity index is 1.44. The van der Waals surface area contributed by atoms with E-state index >= 15 is 0 Å². The third-order valence-electron chi connectivity index (χ3n) is 8.07. The van der Waals surface area contributed by atoms with Gasteiger partial charge >= 0.3 is 12.4 Å². The molecule has 2 aromatic heterocycles. The largest absolute Gasteiger partial charge is 0.451 e. The van der Waals surface area contributed by atoms with Crippen LogP contribution in [-0.4, -0.2) is 63.6 Å². The monoisotopic (exact) mass is 699 g/mol. The molecule has 1 spiro atoms. The minimum Gasteiger partial charge on any atom is -0.404 e. The Labute approximate surface area is 270 Å². The number of sulfonamides is 1. The maximum Gasteiger partial charge on any atom is 0.451 e. The van der Waals surface area contributed by atoms with Crippen LogP contribution in [0.5, 0.6) is 0 Å².